The molecule has 1 fully saturated rings. The molecule has 0 aromatic heterocycles. The summed E-state index contributed by atoms with van der Waals surface area (Å²) in [4.78, 5) is 2.16. The van der Waals surface area contributed by atoms with Crippen LogP contribution in [-0.2, 0) is 0 Å². The van der Waals surface area contributed by atoms with Gasteiger partial charge in [0.1, 0.15) is 0 Å². The summed E-state index contributed by atoms with van der Waals surface area (Å²) in [5.41, 5.74) is 7.44. The molecule has 17 heavy (non-hydrogen) atoms. The number of hydrogen-bond acceptors (Lipinski definition) is 3. The van der Waals surface area contributed by atoms with Gasteiger partial charge in [-0.2, -0.15) is 0 Å². The van der Waals surface area contributed by atoms with E-state index in [1.807, 2.05) is 25.2 Å². The summed E-state index contributed by atoms with van der Waals surface area (Å²) in [6.07, 6.45) is 2.61. The number of amidine groups is 1. The number of hydrogen-bond donors (Lipinski definition) is 2. The van der Waals surface area contributed by atoms with E-state index >= 15 is 0 Å². The predicted octanol–water partition coefficient (Wildman–Crippen LogP) is 2.39. The number of nitrogens with two attached hydrogens (primary N) is 1. The lowest BCUT2D eigenvalue weighted by atomic mass is 10.1. The summed E-state index contributed by atoms with van der Waals surface area (Å²) in [6, 6.07) is 5.75. The van der Waals surface area contributed by atoms with E-state index in [-0.39, 0.29) is 5.84 Å². The standard InChI is InChI=1S/C12H16BrN3O/c1-16(7-8-2-3-8)11-6-9(13)4-5-10(11)12(14)15-17/h4-6,8,17H,2-3,7H2,1H3,(H2,14,15). The minimum atomic E-state index is 0.148. The molecule has 0 aliphatic heterocycles. The van der Waals surface area contributed by atoms with Crippen molar-refractivity contribution in [1.29, 1.82) is 0 Å². The highest BCUT2D eigenvalue weighted by Gasteiger charge is 2.24. The van der Waals surface area contributed by atoms with Gasteiger partial charge in [0.25, 0.3) is 0 Å². The lowest BCUT2D eigenvalue weighted by Crippen LogP contribution is -2.24. The Hall–Kier alpha value is -1.23. The van der Waals surface area contributed by atoms with Crippen molar-refractivity contribution in [3.63, 3.8) is 0 Å². The normalized spacial score (nSPS) is 16.0. The minimum Gasteiger partial charge on any atom is -0.409 e. The predicted molar refractivity (Wildman–Crippen MR) is 72.6 cm³/mol. The van der Waals surface area contributed by atoms with Crippen LogP contribution in [0.5, 0.6) is 0 Å². The Morgan fingerprint density at radius 2 is 2.29 bits per heavy atom. The van der Waals surface area contributed by atoms with Crippen molar-refractivity contribution in [1.82, 2.24) is 0 Å². The van der Waals surface area contributed by atoms with E-state index in [1.54, 1.807) is 0 Å². The van der Waals surface area contributed by atoms with Crippen LogP contribution >= 0.6 is 15.9 Å². The van der Waals surface area contributed by atoms with Crippen LogP contribution in [0.15, 0.2) is 27.8 Å². The minimum absolute atomic E-state index is 0.148. The summed E-state index contributed by atoms with van der Waals surface area (Å²) in [5, 5.41) is 11.9. The molecule has 4 nitrogen and oxygen atoms in total. The van der Waals surface area contributed by atoms with Crippen molar-refractivity contribution in [2.45, 2.75) is 12.8 Å². The lowest BCUT2D eigenvalue weighted by molar-refractivity contribution is 0.318. The number of halogens is 1. The smallest absolute Gasteiger partial charge is 0.172 e. The monoisotopic (exact) mass is 297 g/mol. The number of oxime groups is 1. The van der Waals surface area contributed by atoms with Crippen molar-refractivity contribution in [2.75, 3.05) is 18.5 Å². The van der Waals surface area contributed by atoms with Crippen molar-refractivity contribution in [2.24, 2.45) is 16.8 Å². The third-order valence-electron chi connectivity index (χ3n) is 2.98. The van der Waals surface area contributed by atoms with Gasteiger partial charge in [-0.15, -0.1) is 0 Å². The molecule has 5 heteroatoms. The summed E-state index contributed by atoms with van der Waals surface area (Å²) in [5.74, 6) is 0.939. The third kappa shape index (κ3) is 2.91. The van der Waals surface area contributed by atoms with E-state index < -0.39 is 0 Å². The second-order valence-corrected chi connectivity index (χ2v) is 5.39. The molecule has 1 aromatic carbocycles. The maximum atomic E-state index is 8.79. The molecule has 0 unspecified atom stereocenters. The van der Waals surface area contributed by atoms with Crippen LogP contribution in [0.1, 0.15) is 18.4 Å². The van der Waals surface area contributed by atoms with Crippen LogP contribution in [0.3, 0.4) is 0 Å². The Balaban J connectivity index is 2.31. The lowest BCUT2D eigenvalue weighted by Gasteiger charge is -2.22. The fourth-order valence-electron chi connectivity index (χ4n) is 1.88. The summed E-state index contributed by atoms with van der Waals surface area (Å²) >= 11 is 3.45. The first-order chi connectivity index (χ1) is 8.11. The molecule has 0 spiro atoms. The number of anilines is 1. The fourth-order valence-corrected chi connectivity index (χ4v) is 2.23. The molecule has 0 bridgehead atoms. The quantitative estimate of drug-likeness (QED) is 0.388. The molecule has 0 radical (unpaired) electrons. The first kappa shape index (κ1) is 12.2. The molecule has 0 amide bonds. The van der Waals surface area contributed by atoms with Crippen LogP contribution in [-0.4, -0.2) is 24.6 Å². The van der Waals surface area contributed by atoms with Gasteiger partial charge in [0.05, 0.1) is 0 Å². The van der Waals surface area contributed by atoms with Crippen LogP contribution in [0.4, 0.5) is 5.69 Å². The maximum absolute atomic E-state index is 8.79. The Morgan fingerprint density at radius 1 is 1.59 bits per heavy atom. The zero-order valence-electron chi connectivity index (χ0n) is 9.73. The van der Waals surface area contributed by atoms with Gasteiger partial charge in [0, 0.05) is 29.3 Å². The molecule has 1 aliphatic carbocycles. The van der Waals surface area contributed by atoms with Crippen molar-refractivity contribution in [3.8, 4) is 0 Å². The first-order valence-corrected chi connectivity index (χ1v) is 6.39. The van der Waals surface area contributed by atoms with Gasteiger partial charge < -0.3 is 15.8 Å². The Kier molecular flexibility index (Phi) is 3.57. The average Bonchev–Trinajstić information content (AvgIpc) is 3.11. The van der Waals surface area contributed by atoms with Gasteiger partial charge >= 0.3 is 0 Å². The largest absolute Gasteiger partial charge is 0.409 e. The molecule has 1 aliphatic rings. The van der Waals surface area contributed by atoms with Crippen molar-refractivity contribution in [3.05, 3.63) is 28.2 Å². The number of benzene rings is 1. The van der Waals surface area contributed by atoms with Gasteiger partial charge in [-0.3, -0.25) is 0 Å². The van der Waals surface area contributed by atoms with E-state index in [9.17, 15) is 0 Å². The van der Waals surface area contributed by atoms with Crippen LogP contribution < -0.4 is 10.6 Å². The van der Waals surface area contributed by atoms with E-state index in [4.69, 9.17) is 10.9 Å². The molecule has 1 aromatic rings. The van der Waals surface area contributed by atoms with Gasteiger partial charge in [-0.1, -0.05) is 21.1 Å². The molecule has 1 saturated carbocycles. The molecule has 0 heterocycles. The molecule has 92 valence electrons. The fraction of sp³-hybridized carbons (Fsp3) is 0.417. The number of nitrogens with zero attached hydrogens (tertiary/aromatic N) is 2. The average molecular weight is 298 g/mol. The van der Waals surface area contributed by atoms with Crippen LogP contribution in [0, 0.1) is 5.92 Å². The Bertz CT molecular complexity index is 443. The molecular formula is C12H16BrN3O. The summed E-state index contributed by atoms with van der Waals surface area (Å²) < 4.78 is 0.990. The maximum Gasteiger partial charge on any atom is 0.172 e. The summed E-state index contributed by atoms with van der Waals surface area (Å²) in [6.45, 7) is 1.02. The molecule has 2 rings (SSSR count). The Morgan fingerprint density at radius 3 is 2.88 bits per heavy atom. The highest BCUT2D eigenvalue weighted by molar-refractivity contribution is 9.10. The zero-order valence-corrected chi connectivity index (χ0v) is 11.3. The zero-order chi connectivity index (χ0) is 12.4. The van der Waals surface area contributed by atoms with Crippen molar-refractivity contribution < 1.29 is 5.21 Å². The van der Waals surface area contributed by atoms with Crippen LogP contribution in [0.2, 0.25) is 0 Å². The summed E-state index contributed by atoms with van der Waals surface area (Å²) in [7, 11) is 2.04. The van der Waals surface area contributed by atoms with Gasteiger partial charge in [0.15, 0.2) is 5.84 Å². The van der Waals surface area contributed by atoms with Crippen molar-refractivity contribution >= 4 is 27.5 Å². The topological polar surface area (TPSA) is 61.8 Å². The van der Waals surface area contributed by atoms with E-state index in [1.165, 1.54) is 12.8 Å². The van der Waals surface area contributed by atoms with E-state index in [0.29, 0.717) is 0 Å². The highest BCUT2D eigenvalue weighted by atomic mass is 79.9. The van der Waals surface area contributed by atoms with Gasteiger partial charge in [-0.25, -0.2) is 0 Å². The second kappa shape index (κ2) is 4.96. The SMILES string of the molecule is CN(CC1CC1)c1cc(Br)ccc1/C(N)=N/O. The molecular weight excluding hydrogens is 282 g/mol. The van der Waals surface area contributed by atoms with Gasteiger partial charge in [0.2, 0.25) is 0 Å². The van der Waals surface area contributed by atoms with Gasteiger partial charge in [-0.05, 0) is 37.0 Å². The first-order valence-electron chi connectivity index (χ1n) is 5.60. The molecule has 3 N–H and O–H groups in total. The molecule has 0 saturated heterocycles. The number of rotatable bonds is 4. The van der Waals surface area contributed by atoms with E-state index in [0.717, 1.165) is 28.2 Å². The Labute approximate surface area is 109 Å². The molecule has 0 atom stereocenters. The third-order valence-corrected chi connectivity index (χ3v) is 3.48. The highest BCUT2D eigenvalue weighted by Crippen LogP contribution is 2.32. The van der Waals surface area contributed by atoms with E-state index in [2.05, 4.69) is 26.0 Å². The van der Waals surface area contributed by atoms with Crippen LogP contribution in [0.25, 0.3) is 0 Å². The second-order valence-electron chi connectivity index (χ2n) is 4.47.